The molecule has 0 bridgehead atoms. The largest absolute Gasteiger partial charge is 0.482 e. The molecule has 20 heavy (non-hydrogen) atoms. The van der Waals surface area contributed by atoms with E-state index in [0.717, 1.165) is 12.8 Å². The van der Waals surface area contributed by atoms with Gasteiger partial charge >= 0.3 is 0 Å². The van der Waals surface area contributed by atoms with E-state index in [4.69, 9.17) is 16.3 Å². The first-order valence-electron chi connectivity index (χ1n) is 6.61. The molecule has 0 spiro atoms. The minimum absolute atomic E-state index is 0.131. The third-order valence-electron chi connectivity index (χ3n) is 3.07. The van der Waals surface area contributed by atoms with Gasteiger partial charge in [0.1, 0.15) is 11.8 Å². The van der Waals surface area contributed by atoms with E-state index >= 15 is 0 Å². The Kier molecular flexibility index (Phi) is 5.24. The van der Waals surface area contributed by atoms with Gasteiger partial charge in [0, 0.05) is 6.54 Å². The van der Waals surface area contributed by atoms with Crippen LogP contribution in [0.25, 0.3) is 0 Å². The highest BCUT2D eigenvalue weighted by Gasteiger charge is 2.22. The van der Waals surface area contributed by atoms with Crippen molar-refractivity contribution in [2.45, 2.75) is 25.3 Å². The number of amides is 2. The molecule has 1 heterocycles. The van der Waals surface area contributed by atoms with Crippen molar-refractivity contribution < 1.29 is 14.3 Å². The topological polar surface area (TPSA) is 67.4 Å². The van der Waals surface area contributed by atoms with E-state index in [1.54, 1.807) is 24.3 Å². The van der Waals surface area contributed by atoms with Gasteiger partial charge in [0.05, 0.1) is 5.02 Å². The first-order valence-corrected chi connectivity index (χ1v) is 6.99. The average Bonchev–Trinajstić information content (AvgIpc) is 2.63. The van der Waals surface area contributed by atoms with Gasteiger partial charge in [-0.3, -0.25) is 9.59 Å². The van der Waals surface area contributed by atoms with Gasteiger partial charge in [0.2, 0.25) is 5.91 Å². The van der Waals surface area contributed by atoms with Crippen molar-refractivity contribution in [3.63, 3.8) is 0 Å². The molecule has 2 rings (SSSR count). The van der Waals surface area contributed by atoms with Crippen LogP contribution in [-0.4, -0.2) is 31.0 Å². The number of para-hydroxylation sites is 1. The van der Waals surface area contributed by atoms with Gasteiger partial charge < -0.3 is 15.4 Å². The van der Waals surface area contributed by atoms with Crippen molar-refractivity contribution in [2.75, 3.05) is 13.2 Å². The summed E-state index contributed by atoms with van der Waals surface area (Å²) >= 11 is 5.92. The van der Waals surface area contributed by atoms with Crippen molar-refractivity contribution in [1.29, 1.82) is 0 Å². The van der Waals surface area contributed by atoms with Crippen LogP contribution in [0.3, 0.4) is 0 Å². The molecule has 2 N–H and O–H groups in total. The maximum Gasteiger partial charge on any atom is 0.258 e. The average molecular weight is 297 g/mol. The van der Waals surface area contributed by atoms with Crippen LogP contribution in [0.2, 0.25) is 5.02 Å². The molecule has 108 valence electrons. The van der Waals surface area contributed by atoms with E-state index in [9.17, 15) is 9.59 Å². The number of hydrogen-bond acceptors (Lipinski definition) is 3. The minimum atomic E-state index is -0.472. The zero-order chi connectivity index (χ0) is 14.4. The van der Waals surface area contributed by atoms with Crippen LogP contribution in [0.1, 0.15) is 19.3 Å². The smallest absolute Gasteiger partial charge is 0.258 e. The molecule has 0 unspecified atom stereocenters. The van der Waals surface area contributed by atoms with E-state index in [1.165, 1.54) is 0 Å². The zero-order valence-corrected chi connectivity index (χ0v) is 11.8. The molecule has 1 atom stereocenters. The Morgan fingerprint density at radius 1 is 1.40 bits per heavy atom. The van der Waals surface area contributed by atoms with Gasteiger partial charge in [-0.05, 0) is 31.4 Å². The number of ether oxygens (including phenoxy) is 1. The van der Waals surface area contributed by atoms with Gasteiger partial charge in [-0.1, -0.05) is 23.7 Å². The Labute approximate surface area is 122 Å². The van der Waals surface area contributed by atoms with Crippen LogP contribution in [0.5, 0.6) is 5.75 Å². The van der Waals surface area contributed by atoms with E-state index in [1.807, 2.05) is 0 Å². The second-order valence-electron chi connectivity index (χ2n) is 4.63. The standard InChI is InChI=1S/C14H17ClN2O3/c15-10-5-1-2-7-12(10)20-9-13(18)17-11-6-3-4-8-16-14(11)19/h1-2,5,7,11H,3-4,6,8-9H2,(H,16,19)(H,17,18)/t11-/m0/s1. The lowest BCUT2D eigenvalue weighted by atomic mass is 10.1. The lowest BCUT2D eigenvalue weighted by molar-refractivity contribution is -0.129. The number of hydrogen-bond donors (Lipinski definition) is 2. The Hall–Kier alpha value is -1.75. The summed E-state index contributed by atoms with van der Waals surface area (Å²) in [4.78, 5) is 23.5. The summed E-state index contributed by atoms with van der Waals surface area (Å²) in [6, 6.07) is 6.46. The maximum absolute atomic E-state index is 11.8. The Bertz CT molecular complexity index is 493. The fourth-order valence-electron chi connectivity index (χ4n) is 2.02. The number of carbonyl (C=O) groups is 2. The van der Waals surface area contributed by atoms with Crippen LogP contribution in [0.4, 0.5) is 0 Å². The molecule has 1 aromatic rings. The number of nitrogens with one attached hydrogen (secondary N) is 2. The summed E-state index contributed by atoms with van der Waals surface area (Å²) in [5.41, 5.74) is 0. The molecule has 0 aromatic heterocycles. The Morgan fingerprint density at radius 2 is 2.20 bits per heavy atom. The molecule has 1 aromatic carbocycles. The molecular weight excluding hydrogens is 280 g/mol. The molecular formula is C14H17ClN2O3. The van der Waals surface area contributed by atoms with E-state index in [0.29, 0.717) is 23.7 Å². The van der Waals surface area contributed by atoms with Crippen molar-refractivity contribution in [3.05, 3.63) is 29.3 Å². The quantitative estimate of drug-likeness (QED) is 0.885. The van der Waals surface area contributed by atoms with Gasteiger partial charge in [-0.25, -0.2) is 0 Å². The van der Waals surface area contributed by atoms with Crippen LogP contribution in [0, 0.1) is 0 Å². The molecule has 1 aliphatic heterocycles. The highest BCUT2D eigenvalue weighted by Crippen LogP contribution is 2.22. The highest BCUT2D eigenvalue weighted by atomic mass is 35.5. The van der Waals surface area contributed by atoms with Crippen molar-refractivity contribution >= 4 is 23.4 Å². The molecule has 0 radical (unpaired) electrons. The molecule has 2 amide bonds. The van der Waals surface area contributed by atoms with Crippen LogP contribution >= 0.6 is 11.6 Å². The van der Waals surface area contributed by atoms with E-state index < -0.39 is 6.04 Å². The second-order valence-corrected chi connectivity index (χ2v) is 5.03. The van der Waals surface area contributed by atoms with Crippen LogP contribution in [0.15, 0.2) is 24.3 Å². The monoisotopic (exact) mass is 296 g/mol. The predicted molar refractivity (Wildman–Crippen MR) is 75.7 cm³/mol. The third kappa shape index (κ3) is 4.13. The number of carbonyl (C=O) groups excluding carboxylic acids is 2. The zero-order valence-electron chi connectivity index (χ0n) is 11.0. The SMILES string of the molecule is O=C(COc1ccccc1Cl)N[C@H]1CCCCNC1=O. The predicted octanol–water partition coefficient (Wildman–Crippen LogP) is 1.50. The van der Waals surface area contributed by atoms with E-state index in [2.05, 4.69) is 10.6 Å². The number of halogens is 1. The number of rotatable bonds is 4. The van der Waals surface area contributed by atoms with Crippen molar-refractivity contribution in [1.82, 2.24) is 10.6 Å². The first kappa shape index (κ1) is 14.7. The minimum Gasteiger partial charge on any atom is -0.482 e. The summed E-state index contributed by atoms with van der Waals surface area (Å²) < 4.78 is 5.33. The molecule has 1 aliphatic rings. The van der Waals surface area contributed by atoms with E-state index in [-0.39, 0.29) is 18.4 Å². The lowest BCUT2D eigenvalue weighted by Crippen LogP contribution is -2.46. The summed E-state index contributed by atoms with van der Waals surface area (Å²) in [6.45, 7) is 0.509. The van der Waals surface area contributed by atoms with Crippen LogP contribution < -0.4 is 15.4 Å². The van der Waals surface area contributed by atoms with Crippen molar-refractivity contribution in [3.8, 4) is 5.75 Å². The maximum atomic E-state index is 11.8. The Morgan fingerprint density at radius 3 is 3.00 bits per heavy atom. The molecule has 1 fully saturated rings. The lowest BCUT2D eigenvalue weighted by Gasteiger charge is -2.15. The molecule has 5 nitrogen and oxygen atoms in total. The van der Waals surface area contributed by atoms with Crippen LogP contribution in [-0.2, 0) is 9.59 Å². The van der Waals surface area contributed by atoms with Gasteiger partial charge in [-0.15, -0.1) is 0 Å². The molecule has 6 heteroatoms. The van der Waals surface area contributed by atoms with Gasteiger partial charge in [-0.2, -0.15) is 0 Å². The second kappa shape index (κ2) is 7.14. The molecule has 1 saturated heterocycles. The summed E-state index contributed by atoms with van der Waals surface area (Å²) in [5, 5.41) is 5.90. The Balaban J connectivity index is 1.83. The summed E-state index contributed by atoms with van der Waals surface area (Å²) in [6.07, 6.45) is 2.51. The van der Waals surface area contributed by atoms with Gasteiger partial charge in [0.15, 0.2) is 6.61 Å². The first-order chi connectivity index (χ1) is 9.66. The normalized spacial score (nSPS) is 18.9. The summed E-state index contributed by atoms with van der Waals surface area (Å²) in [5.74, 6) is -0.00445. The number of benzene rings is 1. The molecule has 0 saturated carbocycles. The fraction of sp³-hybridized carbons (Fsp3) is 0.429. The molecule has 0 aliphatic carbocycles. The summed E-state index contributed by atoms with van der Waals surface area (Å²) in [7, 11) is 0. The fourth-order valence-corrected chi connectivity index (χ4v) is 2.21. The highest BCUT2D eigenvalue weighted by molar-refractivity contribution is 6.32. The van der Waals surface area contributed by atoms with Gasteiger partial charge in [0.25, 0.3) is 5.91 Å². The third-order valence-corrected chi connectivity index (χ3v) is 3.38. The van der Waals surface area contributed by atoms with Crippen molar-refractivity contribution in [2.24, 2.45) is 0 Å².